The highest BCUT2D eigenvalue weighted by Gasteiger charge is 2.24. The van der Waals surface area contributed by atoms with Crippen molar-refractivity contribution in [1.82, 2.24) is 5.32 Å². The molecular weight excluding hydrogens is 262 g/mol. The van der Waals surface area contributed by atoms with Crippen LogP contribution >= 0.6 is 0 Å². The Morgan fingerprint density at radius 3 is 2.48 bits per heavy atom. The van der Waals surface area contributed by atoms with E-state index in [4.69, 9.17) is 0 Å². The Hall–Kier alpha value is -1.58. The Labute approximate surface area is 126 Å². The molecule has 0 aromatic heterocycles. The van der Waals surface area contributed by atoms with E-state index in [9.17, 15) is 10.2 Å². The first-order valence-corrected chi connectivity index (χ1v) is 7.47. The highest BCUT2D eigenvalue weighted by atomic mass is 16.3. The second kappa shape index (κ2) is 6.46. The molecule has 1 unspecified atom stereocenters. The van der Waals surface area contributed by atoms with Crippen LogP contribution < -0.4 is 5.32 Å². The molecule has 21 heavy (non-hydrogen) atoms. The maximum atomic E-state index is 10.2. The number of fused-ring (bicyclic) bond motifs is 1. The van der Waals surface area contributed by atoms with Gasteiger partial charge >= 0.3 is 0 Å². The van der Waals surface area contributed by atoms with Crippen LogP contribution in [-0.4, -0.2) is 22.9 Å². The number of hydrogen-bond donors (Lipinski definition) is 3. The Balaban J connectivity index is 2.25. The van der Waals surface area contributed by atoms with Gasteiger partial charge < -0.3 is 15.5 Å². The van der Waals surface area contributed by atoms with Crippen molar-refractivity contribution < 1.29 is 10.2 Å². The summed E-state index contributed by atoms with van der Waals surface area (Å²) in [7, 11) is 0. The molecular formula is C18H25NO2. The zero-order valence-corrected chi connectivity index (χ0v) is 13.1. The third kappa shape index (κ3) is 3.74. The third-order valence-corrected chi connectivity index (χ3v) is 4.00. The minimum Gasteiger partial charge on any atom is -0.508 e. The summed E-state index contributed by atoms with van der Waals surface area (Å²) in [6.45, 7) is 7.22. The number of nitrogens with one attached hydrogen (secondary N) is 1. The summed E-state index contributed by atoms with van der Waals surface area (Å²) in [5.74, 6) is 0.317. The van der Waals surface area contributed by atoms with Crippen molar-refractivity contribution in [2.45, 2.75) is 39.8 Å². The van der Waals surface area contributed by atoms with E-state index in [1.165, 1.54) is 0 Å². The summed E-state index contributed by atoms with van der Waals surface area (Å²) in [5, 5.41) is 25.1. The molecule has 3 nitrogen and oxygen atoms in total. The van der Waals surface area contributed by atoms with Crippen molar-refractivity contribution in [3.05, 3.63) is 42.0 Å². The predicted octanol–water partition coefficient (Wildman–Crippen LogP) is 3.43. The number of benzene rings is 2. The zero-order chi connectivity index (χ0) is 15.5. The van der Waals surface area contributed by atoms with Gasteiger partial charge in [0.15, 0.2) is 0 Å². The SMILES string of the molecule is CC(C)(C)C(CCO)NCc1c(O)ccc2ccccc12. The standard InChI is InChI=1S/C18H25NO2/c1-18(2,3)17(10-11-20)19-12-15-14-7-5-4-6-13(14)8-9-16(15)21/h4-9,17,19-21H,10-12H2,1-3H3. The number of phenols is 1. The molecule has 0 aliphatic carbocycles. The van der Waals surface area contributed by atoms with Gasteiger partial charge in [-0.2, -0.15) is 0 Å². The number of hydrogen-bond acceptors (Lipinski definition) is 3. The zero-order valence-electron chi connectivity index (χ0n) is 13.1. The summed E-state index contributed by atoms with van der Waals surface area (Å²) in [5.41, 5.74) is 0.975. The van der Waals surface area contributed by atoms with Crippen LogP contribution in [0, 0.1) is 5.41 Å². The molecule has 3 N–H and O–H groups in total. The largest absolute Gasteiger partial charge is 0.508 e. The second-order valence-electron chi connectivity index (χ2n) is 6.60. The lowest BCUT2D eigenvalue weighted by atomic mass is 9.84. The van der Waals surface area contributed by atoms with Crippen molar-refractivity contribution in [3.8, 4) is 5.75 Å². The molecule has 0 amide bonds. The van der Waals surface area contributed by atoms with E-state index in [0.717, 1.165) is 16.3 Å². The van der Waals surface area contributed by atoms with Crippen LogP contribution in [0.4, 0.5) is 0 Å². The van der Waals surface area contributed by atoms with Crippen LogP contribution in [0.25, 0.3) is 10.8 Å². The van der Waals surface area contributed by atoms with Gasteiger partial charge in [-0.1, -0.05) is 51.1 Å². The van der Waals surface area contributed by atoms with Gasteiger partial charge in [-0.3, -0.25) is 0 Å². The summed E-state index contributed by atoms with van der Waals surface area (Å²) >= 11 is 0. The number of phenolic OH excluding ortho intramolecular Hbond substituents is 1. The van der Waals surface area contributed by atoms with Crippen molar-refractivity contribution in [2.75, 3.05) is 6.61 Å². The smallest absolute Gasteiger partial charge is 0.120 e. The Kier molecular flexibility index (Phi) is 4.86. The van der Waals surface area contributed by atoms with E-state index >= 15 is 0 Å². The van der Waals surface area contributed by atoms with E-state index in [1.807, 2.05) is 30.3 Å². The van der Waals surface area contributed by atoms with Crippen LogP contribution in [0.2, 0.25) is 0 Å². The van der Waals surface area contributed by atoms with Gasteiger partial charge in [0, 0.05) is 24.8 Å². The third-order valence-electron chi connectivity index (χ3n) is 4.00. The van der Waals surface area contributed by atoms with E-state index in [2.05, 4.69) is 26.1 Å². The maximum absolute atomic E-state index is 10.2. The molecule has 0 bridgehead atoms. The average Bonchev–Trinajstić information content (AvgIpc) is 2.44. The molecule has 0 heterocycles. The maximum Gasteiger partial charge on any atom is 0.120 e. The van der Waals surface area contributed by atoms with E-state index in [-0.39, 0.29) is 18.1 Å². The summed E-state index contributed by atoms with van der Waals surface area (Å²) in [6.07, 6.45) is 0.703. The molecule has 0 spiro atoms. The van der Waals surface area contributed by atoms with Gasteiger partial charge in [0.25, 0.3) is 0 Å². The molecule has 3 heteroatoms. The van der Waals surface area contributed by atoms with Gasteiger partial charge in [-0.05, 0) is 28.7 Å². The Bertz CT molecular complexity index is 602. The van der Waals surface area contributed by atoms with E-state index in [0.29, 0.717) is 18.7 Å². The Morgan fingerprint density at radius 1 is 1.10 bits per heavy atom. The second-order valence-corrected chi connectivity index (χ2v) is 6.60. The van der Waals surface area contributed by atoms with E-state index < -0.39 is 0 Å². The van der Waals surface area contributed by atoms with Gasteiger partial charge in [0.05, 0.1) is 0 Å². The highest BCUT2D eigenvalue weighted by molar-refractivity contribution is 5.87. The molecule has 114 valence electrons. The lowest BCUT2D eigenvalue weighted by Gasteiger charge is -2.31. The van der Waals surface area contributed by atoms with Crippen LogP contribution in [0.1, 0.15) is 32.8 Å². The number of aliphatic hydroxyl groups is 1. The molecule has 0 saturated carbocycles. The number of aliphatic hydroxyl groups excluding tert-OH is 1. The molecule has 0 radical (unpaired) electrons. The minimum absolute atomic E-state index is 0.0585. The van der Waals surface area contributed by atoms with Crippen LogP contribution in [0.15, 0.2) is 36.4 Å². The van der Waals surface area contributed by atoms with Crippen LogP contribution in [0.5, 0.6) is 5.75 Å². The average molecular weight is 287 g/mol. The van der Waals surface area contributed by atoms with E-state index in [1.54, 1.807) is 6.07 Å². The molecule has 2 aromatic carbocycles. The van der Waals surface area contributed by atoms with Crippen molar-refractivity contribution in [2.24, 2.45) is 5.41 Å². The van der Waals surface area contributed by atoms with Crippen molar-refractivity contribution in [3.63, 3.8) is 0 Å². The number of rotatable bonds is 5. The van der Waals surface area contributed by atoms with Crippen molar-refractivity contribution >= 4 is 10.8 Å². The topological polar surface area (TPSA) is 52.5 Å². The molecule has 0 fully saturated rings. The first kappa shape index (κ1) is 15.8. The fourth-order valence-corrected chi connectivity index (χ4v) is 2.71. The molecule has 0 aliphatic heterocycles. The monoisotopic (exact) mass is 287 g/mol. The molecule has 2 rings (SSSR count). The summed E-state index contributed by atoms with van der Waals surface area (Å²) in [6, 6.07) is 11.9. The molecule has 1 atom stereocenters. The van der Waals surface area contributed by atoms with Gasteiger partial charge in [0.1, 0.15) is 5.75 Å². The minimum atomic E-state index is 0.0585. The van der Waals surface area contributed by atoms with Gasteiger partial charge in [0.2, 0.25) is 0 Å². The first-order chi connectivity index (χ1) is 9.93. The van der Waals surface area contributed by atoms with Gasteiger partial charge in [-0.15, -0.1) is 0 Å². The Morgan fingerprint density at radius 2 is 1.81 bits per heavy atom. The first-order valence-electron chi connectivity index (χ1n) is 7.47. The van der Waals surface area contributed by atoms with Crippen LogP contribution in [-0.2, 0) is 6.54 Å². The lowest BCUT2D eigenvalue weighted by Crippen LogP contribution is -2.40. The fourth-order valence-electron chi connectivity index (χ4n) is 2.71. The molecule has 2 aromatic rings. The summed E-state index contributed by atoms with van der Waals surface area (Å²) in [4.78, 5) is 0. The number of aromatic hydroxyl groups is 1. The highest BCUT2D eigenvalue weighted by Crippen LogP contribution is 2.28. The molecule has 0 saturated heterocycles. The fraction of sp³-hybridized carbons (Fsp3) is 0.444. The normalized spacial score (nSPS) is 13.5. The quantitative estimate of drug-likeness (QED) is 0.789. The van der Waals surface area contributed by atoms with Crippen LogP contribution in [0.3, 0.4) is 0 Å². The predicted molar refractivity (Wildman–Crippen MR) is 87.4 cm³/mol. The molecule has 0 aliphatic rings. The van der Waals surface area contributed by atoms with Gasteiger partial charge in [-0.25, -0.2) is 0 Å². The van der Waals surface area contributed by atoms with Crippen molar-refractivity contribution in [1.29, 1.82) is 0 Å². The summed E-state index contributed by atoms with van der Waals surface area (Å²) < 4.78 is 0. The lowest BCUT2D eigenvalue weighted by molar-refractivity contribution is 0.196.